The number of ether oxygens (including phenoxy) is 1. The Hall–Kier alpha value is -2.78. The van der Waals surface area contributed by atoms with Crippen LogP contribution in [0.15, 0.2) is 35.8 Å². The summed E-state index contributed by atoms with van der Waals surface area (Å²) in [6.07, 6.45) is 0.475. The second-order valence-corrected chi connectivity index (χ2v) is 7.27. The van der Waals surface area contributed by atoms with E-state index in [2.05, 4.69) is 15.6 Å². The molecule has 1 unspecified atom stereocenters. The average molecular weight is 438 g/mol. The zero-order valence-electron chi connectivity index (χ0n) is 15.6. The first-order chi connectivity index (χ1) is 13.9. The number of hydrogen-bond donors (Lipinski definition) is 2. The van der Waals surface area contributed by atoms with Crippen molar-refractivity contribution in [1.82, 2.24) is 10.3 Å². The highest BCUT2D eigenvalue weighted by molar-refractivity contribution is 7.12. The van der Waals surface area contributed by atoms with Gasteiger partial charge in [0.15, 0.2) is 17.0 Å². The number of Topliss-reactive ketones (excluding diaryl/α,β-unsaturated/α-hetero) is 1. The first-order valence-electron chi connectivity index (χ1n) is 8.81. The molecule has 8 nitrogen and oxygen atoms in total. The van der Waals surface area contributed by atoms with Gasteiger partial charge in [0, 0.05) is 25.6 Å². The maximum atomic E-state index is 12.1. The molecule has 2 N–H and O–H groups in total. The number of pyridine rings is 1. The Balaban J connectivity index is 1.64. The molecule has 2 aromatic heterocycles. The molecule has 0 saturated heterocycles. The lowest BCUT2D eigenvalue weighted by Gasteiger charge is -2.14. The summed E-state index contributed by atoms with van der Waals surface area (Å²) in [6, 6.07) is 6.66. The molecule has 0 aliphatic carbocycles. The van der Waals surface area contributed by atoms with Gasteiger partial charge in [-0.05, 0) is 30.5 Å². The van der Waals surface area contributed by atoms with Gasteiger partial charge in [0.05, 0.1) is 17.0 Å². The van der Waals surface area contributed by atoms with Crippen molar-refractivity contribution < 1.29 is 23.9 Å². The van der Waals surface area contributed by atoms with E-state index in [9.17, 15) is 19.2 Å². The van der Waals surface area contributed by atoms with Crippen molar-refractivity contribution in [3.63, 3.8) is 0 Å². The summed E-state index contributed by atoms with van der Waals surface area (Å²) >= 11 is 7.18. The average Bonchev–Trinajstić information content (AvgIpc) is 3.22. The van der Waals surface area contributed by atoms with E-state index in [4.69, 9.17) is 16.3 Å². The third-order valence-electron chi connectivity index (χ3n) is 3.72. The number of amides is 2. The molecule has 2 aromatic rings. The molecule has 10 heteroatoms. The van der Waals surface area contributed by atoms with Crippen LogP contribution in [0.3, 0.4) is 0 Å². The van der Waals surface area contributed by atoms with Crippen LogP contribution in [0.2, 0.25) is 5.15 Å². The van der Waals surface area contributed by atoms with Crippen molar-refractivity contribution in [2.24, 2.45) is 0 Å². The minimum atomic E-state index is -1.04. The molecular weight excluding hydrogens is 418 g/mol. The van der Waals surface area contributed by atoms with Crippen LogP contribution in [-0.4, -0.2) is 41.2 Å². The maximum Gasteiger partial charge on any atom is 0.308 e. The van der Waals surface area contributed by atoms with Gasteiger partial charge in [0.25, 0.3) is 5.91 Å². The van der Waals surface area contributed by atoms with Gasteiger partial charge in [-0.15, -0.1) is 11.3 Å². The molecule has 1 atom stereocenters. The van der Waals surface area contributed by atoms with Gasteiger partial charge >= 0.3 is 5.97 Å². The van der Waals surface area contributed by atoms with E-state index in [-0.39, 0.29) is 42.7 Å². The Labute approximate surface area is 176 Å². The summed E-state index contributed by atoms with van der Waals surface area (Å²) in [6.45, 7) is 1.47. The molecule has 0 bridgehead atoms. The van der Waals surface area contributed by atoms with Crippen LogP contribution in [0.5, 0.6) is 0 Å². The zero-order chi connectivity index (χ0) is 21.2. The van der Waals surface area contributed by atoms with E-state index in [1.54, 1.807) is 29.6 Å². The molecule has 0 spiro atoms. The van der Waals surface area contributed by atoms with Crippen LogP contribution >= 0.6 is 22.9 Å². The third kappa shape index (κ3) is 7.63. The molecule has 2 heterocycles. The Morgan fingerprint density at radius 1 is 1.17 bits per heavy atom. The fourth-order valence-corrected chi connectivity index (χ4v) is 3.06. The number of rotatable bonds is 10. The molecule has 0 fully saturated rings. The number of halogens is 1. The Kier molecular flexibility index (Phi) is 8.75. The van der Waals surface area contributed by atoms with Crippen molar-refractivity contribution in [2.45, 2.75) is 32.3 Å². The lowest BCUT2D eigenvalue weighted by molar-refractivity contribution is -0.153. The second kappa shape index (κ2) is 11.3. The Morgan fingerprint density at radius 3 is 2.66 bits per heavy atom. The molecule has 2 rings (SSSR count). The van der Waals surface area contributed by atoms with Crippen LogP contribution in [0.25, 0.3) is 0 Å². The maximum absolute atomic E-state index is 12.1. The molecule has 29 heavy (non-hydrogen) atoms. The van der Waals surface area contributed by atoms with Crippen molar-refractivity contribution in [3.05, 3.63) is 45.9 Å². The summed E-state index contributed by atoms with van der Waals surface area (Å²) in [5.41, 5.74) is 0.312. The Morgan fingerprint density at radius 2 is 1.97 bits per heavy atom. The van der Waals surface area contributed by atoms with Gasteiger partial charge in [-0.25, -0.2) is 4.98 Å². The molecule has 2 amide bonds. The summed E-state index contributed by atoms with van der Waals surface area (Å²) in [5, 5.41) is 6.99. The number of carbonyl (C=O) groups excluding carboxylic acids is 4. The SMILES string of the molecule is CC(OC(=O)CCNC(=O)CCC(=O)c1cccs1)C(=O)Nc1cccnc1Cl. The van der Waals surface area contributed by atoms with Gasteiger partial charge in [0.2, 0.25) is 5.91 Å². The summed E-state index contributed by atoms with van der Waals surface area (Å²) in [4.78, 5) is 51.9. The number of anilines is 1. The second-order valence-electron chi connectivity index (χ2n) is 5.96. The first kappa shape index (κ1) is 22.5. The molecule has 0 aromatic carbocycles. The van der Waals surface area contributed by atoms with Crippen molar-refractivity contribution in [2.75, 3.05) is 11.9 Å². The standard InChI is InChI=1S/C19H20ClN3O5S/c1-12(19(27)23-13-4-2-9-22-18(13)20)28-17(26)8-10-21-16(25)7-6-14(24)15-5-3-11-29-15/h2-5,9,11-12H,6-8,10H2,1H3,(H,21,25)(H,23,27). The first-order valence-corrected chi connectivity index (χ1v) is 10.1. The monoisotopic (exact) mass is 437 g/mol. The van der Waals surface area contributed by atoms with Gasteiger partial charge < -0.3 is 15.4 Å². The number of aromatic nitrogens is 1. The molecule has 154 valence electrons. The predicted molar refractivity (Wildman–Crippen MR) is 109 cm³/mol. The Bertz CT molecular complexity index is 872. The number of hydrogen-bond acceptors (Lipinski definition) is 7. The molecular formula is C19H20ClN3O5S. The summed E-state index contributed by atoms with van der Waals surface area (Å²) in [5.74, 6) is -1.62. The van der Waals surface area contributed by atoms with Crippen molar-refractivity contribution in [3.8, 4) is 0 Å². The topological polar surface area (TPSA) is 114 Å². The summed E-state index contributed by atoms with van der Waals surface area (Å²) < 4.78 is 5.03. The van der Waals surface area contributed by atoms with Gasteiger partial charge in [-0.1, -0.05) is 17.7 Å². The molecule has 0 radical (unpaired) electrons. The number of nitrogens with one attached hydrogen (secondary N) is 2. The fraction of sp³-hybridized carbons (Fsp3) is 0.316. The normalized spacial score (nSPS) is 11.4. The number of esters is 1. The largest absolute Gasteiger partial charge is 0.452 e. The lowest BCUT2D eigenvalue weighted by Crippen LogP contribution is -2.32. The predicted octanol–water partition coefficient (Wildman–Crippen LogP) is 2.84. The van der Waals surface area contributed by atoms with E-state index < -0.39 is 18.0 Å². The van der Waals surface area contributed by atoms with Crippen LogP contribution in [0, 0.1) is 0 Å². The van der Waals surface area contributed by atoms with E-state index in [1.165, 1.54) is 24.5 Å². The minimum Gasteiger partial charge on any atom is -0.452 e. The van der Waals surface area contributed by atoms with Crippen LogP contribution < -0.4 is 10.6 Å². The highest BCUT2D eigenvalue weighted by Gasteiger charge is 2.19. The number of nitrogens with zero attached hydrogens (tertiary/aromatic N) is 1. The molecule has 0 aliphatic rings. The quantitative estimate of drug-likeness (QED) is 0.335. The van der Waals surface area contributed by atoms with E-state index in [0.29, 0.717) is 10.6 Å². The third-order valence-corrected chi connectivity index (χ3v) is 4.93. The minimum absolute atomic E-state index is 0.0382. The van der Waals surface area contributed by atoms with Crippen LogP contribution in [0.4, 0.5) is 5.69 Å². The van der Waals surface area contributed by atoms with Gasteiger partial charge in [-0.2, -0.15) is 0 Å². The van der Waals surface area contributed by atoms with E-state index in [1.807, 2.05) is 0 Å². The number of ketones is 1. The van der Waals surface area contributed by atoms with E-state index >= 15 is 0 Å². The van der Waals surface area contributed by atoms with Gasteiger partial charge in [0.1, 0.15) is 0 Å². The highest BCUT2D eigenvalue weighted by Crippen LogP contribution is 2.17. The van der Waals surface area contributed by atoms with Crippen LogP contribution in [0.1, 0.15) is 35.9 Å². The van der Waals surface area contributed by atoms with Crippen molar-refractivity contribution in [1.29, 1.82) is 0 Å². The zero-order valence-corrected chi connectivity index (χ0v) is 17.2. The lowest BCUT2D eigenvalue weighted by atomic mass is 10.2. The summed E-state index contributed by atoms with van der Waals surface area (Å²) in [7, 11) is 0. The van der Waals surface area contributed by atoms with Crippen LogP contribution in [-0.2, 0) is 19.1 Å². The molecule has 0 saturated carbocycles. The fourth-order valence-electron chi connectivity index (χ4n) is 2.20. The van der Waals surface area contributed by atoms with Crippen molar-refractivity contribution >= 4 is 52.2 Å². The number of carbonyl (C=O) groups is 4. The van der Waals surface area contributed by atoms with E-state index in [0.717, 1.165) is 0 Å². The van der Waals surface area contributed by atoms with Gasteiger partial charge in [-0.3, -0.25) is 19.2 Å². The highest BCUT2D eigenvalue weighted by atomic mass is 35.5. The smallest absolute Gasteiger partial charge is 0.308 e. The number of thiophene rings is 1. The molecule has 0 aliphatic heterocycles.